The van der Waals surface area contributed by atoms with Crippen molar-refractivity contribution in [3.05, 3.63) is 40.6 Å². The lowest BCUT2D eigenvalue weighted by atomic mass is 10.1. The summed E-state index contributed by atoms with van der Waals surface area (Å²) in [5.74, 6) is 1.19. The van der Waals surface area contributed by atoms with Crippen LogP contribution < -0.4 is 15.2 Å². The van der Waals surface area contributed by atoms with Crippen LogP contribution in [0.2, 0.25) is 0 Å². The molecule has 1 aromatic carbocycles. The van der Waals surface area contributed by atoms with Gasteiger partial charge in [-0.1, -0.05) is 6.07 Å². The van der Waals surface area contributed by atoms with Crippen LogP contribution in [0.3, 0.4) is 0 Å². The fourth-order valence-electron chi connectivity index (χ4n) is 1.62. The van der Waals surface area contributed by atoms with Crippen LogP contribution in [0.25, 0.3) is 6.08 Å². The maximum atomic E-state index is 9.08. The third kappa shape index (κ3) is 2.38. The number of nitrogens with two attached hydrogens (primary N) is 1. The molecule has 0 radical (unpaired) electrons. The summed E-state index contributed by atoms with van der Waals surface area (Å²) in [5, 5.41) is 26.6. The van der Waals surface area contributed by atoms with Crippen molar-refractivity contribution in [3.8, 4) is 29.7 Å². The van der Waals surface area contributed by atoms with E-state index in [2.05, 4.69) is 0 Å². The zero-order valence-electron chi connectivity index (χ0n) is 10.3. The van der Waals surface area contributed by atoms with Gasteiger partial charge in [0.2, 0.25) is 6.79 Å². The molecule has 1 heterocycles. The smallest absolute Gasteiger partial charge is 0.231 e. The van der Waals surface area contributed by atoms with E-state index >= 15 is 0 Å². The van der Waals surface area contributed by atoms with Crippen molar-refractivity contribution in [1.29, 1.82) is 15.8 Å². The van der Waals surface area contributed by atoms with Crippen LogP contribution in [-0.4, -0.2) is 6.79 Å². The normalized spacial score (nSPS) is 11.9. The lowest BCUT2D eigenvalue weighted by molar-refractivity contribution is 0.174. The number of nitriles is 3. The van der Waals surface area contributed by atoms with Crippen LogP contribution in [0.4, 0.5) is 0 Å². The molecule has 0 atom stereocenters. The number of allylic oxidation sites excluding steroid dienone is 2. The van der Waals surface area contributed by atoms with Gasteiger partial charge < -0.3 is 15.2 Å². The van der Waals surface area contributed by atoms with Gasteiger partial charge in [-0.25, -0.2) is 0 Å². The second kappa shape index (κ2) is 5.48. The fraction of sp³-hybridized carbons (Fsp3) is 0.0714. The van der Waals surface area contributed by atoms with Crippen LogP contribution in [0.15, 0.2) is 35.0 Å². The highest BCUT2D eigenvalue weighted by Gasteiger charge is 2.13. The summed E-state index contributed by atoms with van der Waals surface area (Å²) in [7, 11) is 0. The number of hydrogen-bond donors (Lipinski definition) is 1. The van der Waals surface area contributed by atoms with Crippen LogP contribution in [-0.2, 0) is 0 Å². The standard InChI is InChI=1S/C14H8N4O2/c15-5-10(14(18)11(6-16)7-17)3-9-1-2-12-13(4-9)20-8-19-12/h1-4H,8,18H2. The van der Waals surface area contributed by atoms with Crippen molar-refractivity contribution >= 4 is 6.08 Å². The van der Waals surface area contributed by atoms with Crippen molar-refractivity contribution in [1.82, 2.24) is 0 Å². The van der Waals surface area contributed by atoms with E-state index < -0.39 is 0 Å². The zero-order chi connectivity index (χ0) is 14.5. The highest BCUT2D eigenvalue weighted by molar-refractivity contribution is 5.67. The molecule has 0 saturated heterocycles. The van der Waals surface area contributed by atoms with Crippen molar-refractivity contribution in [2.45, 2.75) is 0 Å². The van der Waals surface area contributed by atoms with Gasteiger partial charge >= 0.3 is 0 Å². The molecule has 0 spiro atoms. The quantitative estimate of drug-likeness (QED) is 0.640. The van der Waals surface area contributed by atoms with E-state index in [-0.39, 0.29) is 23.6 Å². The monoisotopic (exact) mass is 264 g/mol. The second-order valence-electron chi connectivity index (χ2n) is 3.79. The van der Waals surface area contributed by atoms with Gasteiger partial charge in [0.15, 0.2) is 17.1 Å². The predicted octanol–water partition coefficient (Wildman–Crippen LogP) is 1.58. The fourth-order valence-corrected chi connectivity index (χ4v) is 1.62. The van der Waals surface area contributed by atoms with Gasteiger partial charge in [-0.05, 0) is 23.8 Å². The minimum atomic E-state index is -0.293. The number of rotatable bonds is 2. The van der Waals surface area contributed by atoms with Crippen LogP contribution >= 0.6 is 0 Å². The number of ether oxygens (including phenoxy) is 2. The summed E-state index contributed by atoms with van der Waals surface area (Å²) >= 11 is 0. The van der Waals surface area contributed by atoms with E-state index in [4.69, 9.17) is 31.0 Å². The molecule has 2 N–H and O–H groups in total. The topological polar surface area (TPSA) is 116 Å². The lowest BCUT2D eigenvalue weighted by Crippen LogP contribution is -2.03. The van der Waals surface area contributed by atoms with Gasteiger partial charge in [0, 0.05) is 0 Å². The van der Waals surface area contributed by atoms with Crippen LogP contribution in [0.1, 0.15) is 5.56 Å². The first-order valence-corrected chi connectivity index (χ1v) is 5.51. The molecular formula is C14H8N4O2. The van der Waals surface area contributed by atoms with E-state index in [9.17, 15) is 0 Å². The third-order valence-corrected chi connectivity index (χ3v) is 2.61. The predicted molar refractivity (Wildman–Crippen MR) is 68.6 cm³/mol. The van der Waals surface area contributed by atoms with Gasteiger partial charge in [0.25, 0.3) is 0 Å². The largest absolute Gasteiger partial charge is 0.454 e. The maximum Gasteiger partial charge on any atom is 0.231 e. The molecule has 0 aliphatic carbocycles. The molecular weight excluding hydrogens is 256 g/mol. The Morgan fingerprint density at radius 1 is 1.10 bits per heavy atom. The van der Waals surface area contributed by atoms with Crippen molar-refractivity contribution < 1.29 is 9.47 Å². The maximum absolute atomic E-state index is 9.08. The Morgan fingerprint density at radius 2 is 1.80 bits per heavy atom. The van der Waals surface area contributed by atoms with Gasteiger partial charge in [0.1, 0.15) is 18.2 Å². The molecule has 1 aromatic rings. The molecule has 0 aromatic heterocycles. The van der Waals surface area contributed by atoms with Crippen molar-refractivity contribution in [3.63, 3.8) is 0 Å². The molecule has 0 saturated carbocycles. The molecule has 1 aliphatic heterocycles. The van der Waals surface area contributed by atoms with E-state index in [1.807, 2.05) is 6.07 Å². The van der Waals surface area contributed by atoms with Crippen molar-refractivity contribution in [2.24, 2.45) is 5.73 Å². The number of benzene rings is 1. The minimum Gasteiger partial charge on any atom is -0.454 e. The van der Waals surface area contributed by atoms with E-state index in [0.717, 1.165) is 0 Å². The molecule has 20 heavy (non-hydrogen) atoms. The molecule has 0 bridgehead atoms. The van der Waals surface area contributed by atoms with E-state index in [1.54, 1.807) is 30.3 Å². The first-order chi connectivity index (χ1) is 9.69. The van der Waals surface area contributed by atoms with E-state index in [1.165, 1.54) is 6.08 Å². The van der Waals surface area contributed by atoms with Crippen LogP contribution in [0.5, 0.6) is 11.5 Å². The molecule has 0 unspecified atom stereocenters. The van der Waals surface area contributed by atoms with Gasteiger partial charge in [0.05, 0.1) is 11.3 Å². The second-order valence-corrected chi connectivity index (χ2v) is 3.79. The Hall–Kier alpha value is -3.43. The Balaban J connectivity index is 2.44. The molecule has 6 nitrogen and oxygen atoms in total. The van der Waals surface area contributed by atoms with Gasteiger partial charge in [-0.3, -0.25) is 0 Å². The van der Waals surface area contributed by atoms with E-state index in [0.29, 0.717) is 17.1 Å². The lowest BCUT2D eigenvalue weighted by Gasteiger charge is -2.01. The third-order valence-electron chi connectivity index (χ3n) is 2.61. The average Bonchev–Trinajstić information content (AvgIpc) is 2.93. The highest BCUT2D eigenvalue weighted by Crippen LogP contribution is 2.33. The molecule has 2 rings (SSSR count). The Morgan fingerprint density at radius 3 is 2.45 bits per heavy atom. The van der Waals surface area contributed by atoms with Gasteiger partial charge in [-0.15, -0.1) is 0 Å². The average molecular weight is 264 g/mol. The highest BCUT2D eigenvalue weighted by atomic mass is 16.7. The van der Waals surface area contributed by atoms with Gasteiger partial charge in [-0.2, -0.15) is 15.8 Å². The molecule has 6 heteroatoms. The summed E-state index contributed by atoms with van der Waals surface area (Å²) in [6.07, 6.45) is 1.48. The minimum absolute atomic E-state index is 0.0435. The Bertz CT molecular complexity index is 726. The zero-order valence-corrected chi connectivity index (χ0v) is 10.3. The number of nitrogens with zero attached hydrogens (tertiary/aromatic N) is 3. The first kappa shape index (κ1) is 13.0. The van der Waals surface area contributed by atoms with Crippen LogP contribution in [0, 0.1) is 34.0 Å². The van der Waals surface area contributed by atoms with Crippen molar-refractivity contribution in [2.75, 3.05) is 6.79 Å². The Labute approximate surface area is 115 Å². The molecule has 0 fully saturated rings. The summed E-state index contributed by atoms with van der Waals surface area (Å²) < 4.78 is 10.4. The summed E-state index contributed by atoms with van der Waals surface area (Å²) in [5.41, 5.74) is 5.91. The first-order valence-electron chi connectivity index (χ1n) is 5.51. The molecule has 96 valence electrons. The summed E-state index contributed by atoms with van der Waals surface area (Å²) in [4.78, 5) is 0. The SMILES string of the molecule is N#CC(=Cc1ccc2c(c1)OCO2)C(N)=C(C#N)C#N. The molecule has 0 amide bonds. The Kier molecular flexibility index (Phi) is 3.56. The summed E-state index contributed by atoms with van der Waals surface area (Å²) in [6, 6.07) is 10.3. The molecule has 1 aliphatic rings. The number of hydrogen-bond acceptors (Lipinski definition) is 6. The summed E-state index contributed by atoms with van der Waals surface area (Å²) in [6.45, 7) is 0.155. The number of fused-ring (bicyclic) bond motifs is 1.